The van der Waals surface area contributed by atoms with Gasteiger partial charge in [0.2, 0.25) is 0 Å². The number of carboxylic acids is 1. The number of aryl methyl sites for hydroxylation is 1. The van der Waals surface area contributed by atoms with Gasteiger partial charge in [0.05, 0.1) is 5.92 Å². The van der Waals surface area contributed by atoms with Crippen LogP contribution in [0.3, 0.4) is 0 Å². The molecule has 1 amide bonds. The maximum Gasteiger partial charge on any atom is 0.410 e. The third-order valence-corrected chi connectivity index (χ3v) is 4.06. The van der Waals surface area contributed by atoms with Crippen LogP contribution in [0.25, 0.3) is 0 Å². The fourth-order valence-electron chi connectivity index (χ4n) is 2.92. The molecule has 5 nitrogen and oxygen atoms in total. The zero-order valence-electron chi connectivity index (χ0n) is 14.0. The summed E-state index contributed by atoms with van der Waals surface area (Å²) in [5.74, 6) is -1.40. The van der Waals surface area contributed by atoms with Gasteiger partial charge < -0.3 is 14.7 Å². The Bertz CT molecular complexity index is 550. The highest BCUT2D eigenvalue weighted by molar-refractivity contribution is 5.74. The Hall–Kier alpha value is -2.04. The van der Waals surface area contributed by atoms with E-state index in [9.17, 15) is 14.7 Å². The second-order valence-corrected chi connectivity index (χ2v) is 7.11. The predicted octanol–water partition coefficient (Wildman–Crippen LogP) is 3.19. The number of likely N-dealkylation sites (tertiary alicyclic amines) is 1. The van der Waals surface area contributed by atoms with Gasteiger partial charge in [-0.05, 0) is 45.1 Å². The molecule has 0 bridgehead atoms. The van der Waals surface area contributed by atoms with Gasteiger partial charge in [0, 0.05) is 13.1 Å². The molecule has 1 aliphatic rings. The minimum Gasteiger partial charge on any atom is -0.481 e. The summed E-state index contributed by atoms with van der Waals surface area (Å²) in [4.78, 5) is 25.2. The van der Waals surface area contributed by atoms with Gasteiger partial charge in [-0.1, -0.05) is 30.3 Å². The monoisotopic (exact) mass is 319 g/mol. The summed E-state index contributed by atoms with van der Waals surface area (Å²) in [5, 5.41) is 9.43. The fourth-order valence-corrected chi connectivity index (χ4v) is 2.92. The number of carboxylic acid groups (broad SMARTS) is 1. The van der Waals surface area contributed by atoms with Crippen molar-refractivity contribution < 1.29 is 19.4 Å². The molecule has 1 heterocycles. The average molecular weight is 319 g/mol. The molecular formula is C18H25NO4. The van der Waals surface area contributed by atoms with Crippen LogP contribution in [0.2, 0.25) is 0 Å². The Morgan fingerprint density at radius 1 is 1.22 bits per heavy atom. The first-order valence-corrected chi connectivity index (χ1v) is 8.01. The zero-order chi connectivity index (χ0) is 17.0. The van der Waals surface area contributed by atoms with Crippen molar-refractivity contribution in [3.63, 3.8) is 0 Å². The van der Waals surface area contributed by atoms with Gasteiger partial charge in [0.1, 0.15) is 5.60 Å². The van der Waals surface area contributed by atoms with Gasteiger partial charge in [-0.25, -0.2) is 4.79 Å². The van der Waals surface area contributed by atoms with E-state index in [1.54, 1.807) is 0 Å². The van der Waals surface area contributed by atoms with Crippen LogP contribution in [0.1, 0.15) is 32.8 Å². The molecular weight excluding hydrogens is 294 g/mol. The number of aliphatic carboxylic acids is 1. The van der Waals surface area contributed by atoms with Gasteiger partial charge in [-0.15, -0.1) is 0 Å². The Morgan fingerprint density at radius 3 is 2.43 bits per heavy atom. The first kappa shape index (κ1) is 17.3. The Balaban J connectivity index is 1.98. The maximum atomic E-state index is 12.2. The Kier molecular flexibility index (Phi) is 5.29. The fraction of sp³-hybridized carbons (Fsp3) is 0.556. The molecule has 1 aromatic carbocycles. The first-order chi connectivity index (χ1) is 10.8. The number of benzene rings is 1. The molecule has 1 N–H and O–H groups in total. The molecule has 1 aromatic rings. The molecule has 1 saturated heterocycles. The van der Waals surface area contributed by atoms with Gasteiger partial charge >= 0.3 is 12.1 Å². The summed E-state index contributed by atoms with van der Waals surface area (Å²) in [6, 6.07) is 9.99. The first-order valence-electron chi connectivity index (χ1n) is 8.01. The lowest BCUT2D eigenvalue weighted by Gasteiger charge is -2.24. The van der Waals surface area contributed by atoms with Gasteiger partial charge in [0.15, 0.2) is 0 Å². The minimum atomic E-state index is -0.839. The van der Waals surface area contributed by atoms with Crippen molar-refractivity contribution in [1.82, 2.24) is 4.90 Å². The van der Waals surface area contributed by atoms with Gasteiger partial charge in [-0.3, -0.25) is 4.79 Å². The average Bonchev–Trinajstić information content (AvgIpc) is 2.89. The molecule has 0 radical (unpaired) electrons. The lowest BCUT2D eigenvalue weighted by atomic mass is 9.90. The normalized spacial score (nSPS) is 21.3. The lowest BCUT2D eigenvalue weighted by Crippen LogP contribution is -2.36. The number of carbonyl (C=O) groups is 2. The third kappa shape index (κ3) is 4.98. The standard InChI is InChI=1S/C18H25NO4/c1-18(2,3)23-17(22)19-11-14(15(12-19)16(20)21)10-9-13-7-5-4-6-8-13/h4-8,14-15H,9-12H2,1-3H3,(H,20,21)/t14-,15-/m0/s1. The molecule has 0 aliphatic carbocycles. The van der Waals surface area contributed by atoms with E-state index in [1.165, 1.54) is 10.5 Å². The summed E-state index contributed by atoms with van der Waals surface area (Å²) >= 11 is 0. The lowest BCUT2D eigenvalue weighted by molar-refractivity contribution is -0.142. The smallest absolute Gasteiger partial charge is 0.410 e. The van der Waals surface area contributed by atoms with E-state index < -0.39 is 23.6 Å². The van der Waals surface area contributed by atoms with Crippen molar-refractivity contribution >= 4 is 12.1 Å². The largest absolute Gasteiger partial charge is 0.481 e. The molecule has 2 rings (SSSR count). The van der Waals surface area contributed by atoms with E-state index in [4.69, 9.17) is 4.74 Å². The number of amides is 1. The summed E-state index contributed by atoms with van der Waals surface area (Å²) in [6.45, 7) is 6.09. The Labute approximate surface area is 137 Å². The summed E-state index contributed by atoms with van der Waals surface area (Å²) in [7, 11) is 0. The van der Waals surface area contributed by atoms with E-state index in [0.29, 0.717) is 6.54 Å². The number of nitrogens with zero attached hydrogens (tertiary/aromatic N) is 1. The Morgan fingerprint density at radius 2 is 1.87 bits per heavy atom. The van der Waals surface area contributed by atoms with Crippen molar-refractivity contribution in [1.29, 1.82) is 0 Å². The van der Waals surface area contributed by atoms with E-state index in [2.05, 4.69) is 0 Å². The molecule has 2 atom stereocenters. The SMILES string of the molecule is CC(C)(C)OC(=O)N1C[C@H](CCc2ccccc2)[C@@H](C(=O)O)C1. The van der Waals surface area contributed by atoms with E-state index >= 15 is 0 Å². The van der Waals surface area contributed by atoms with Gasteiger partial charge in [-0.2, -0.15) is 0 Å². The highest BCUT2D eigenvalue weighted by Gasteiger charge is 2.40. The molecule has 0 saturated carbocycles. The molecule has 1 fully saturated rings. The summed E-state index contributed by atoms with van der Waals surface area (Å²) < 4.78 is 5.35. The van der Waals surface area contributed by atoms with Crippen LogP contribution < -0.4 is 0 Å². The zero-order valence-corrected chi connectivity index (χ0v) is 14.0. The van der Waals surface area contributed by atoms with Crippen LogP contribution in [0.15, 0.2) is 30.3 Å². The van der Waals surface area contributed by atoms with Crippen molar-refractivity contribution in [3.05, 3.63) is 35.9 Å². The predicted molar refractivity (Wildman–Crippen MR) is 87.2 cm³/mol. The molecule has 1 aliphatic heterocycles. The number of ether oxygens (including phenoxy) is 1. The van der Waals surface area contributed by atoms with Crippen LogP contribution in [-0.2, 0) is 16.0 Å². The molecule has 5 heteroatoms. The number of rotatable bonds is 4. The number of hydrogen-bond acceptors (Lipinski definition) is 3. The molecule has 23 heavy (non-hydrogen) atoms. The van der Waals surface area contributed by atoms with Crippen LogP contribution in [0, 0.1) is 11.8 Å². The topological polar surface area (TPSA) is 66.8 Å². The summed E-state index contributed by atoms with van der Waals surface area (Å²) in [5.41, 5.74) is 0.616. The quantitative estimate of drug-likeness (QED) is 0.925. The van der Waals surface area contributed by atoms with Crippen molar-refractivity contribution in [3.8, 4) is 0 Å². The van der Waals surface area contributed by atoms with Crippen LogP contribution in [-0.4, -0.2) is 40.8 Å². The molecule has 0 unspecified atom stereocenters. The molecule has 126 valence electrons. The van der Waals surface area contributed by atoms with E-state index in [0.717, 1.165) is 12.8 Å². The van der Waals surface area contributed by atoms with Crippen molar-refractivity contribution in [2.24, 2.45) is 11.8 Å². The van der Waals surface area contributed by atoms with Crippen LogP contribution >= 0.6 is 0 Å². The second kappa shape index (κ2) is 7.02. The minimum absolute atomic E-state index is 0.0415. The number of hydrogen-bond donors (Lipinski definition) is 1. The molecule has 0 aromatic heterocycles. The van der Waals surface area contributed by atoms with Gasteiger partial charge in [0.25, 0.3) is 0 Å². The highest BCUT2D eigenvalue weighted by atomic mass is 16.6. The summed E-state index contributed by atoms with van der Waals surface area (Å²) in [6.07, 6.45) is 1.14. The van der Waals surface area contributed by atoms with Crippen molar-refractivity contribution in [2.75, 3.05) is 13.1 Å². The van der Waals surface area contributed by atoms with Crippen LogP contribution in [0.5, 0.6) is 0 Å². The van der Waals surface area contributed by atoms with E-state index in [1.807, 2.05) is 51.1 Å². The highest BCUT2D eigenvalue weighted by Crippen LogP contribution is 2.29. The maximum absolute atomic E-state index is 12.2. The molecule has 0 spiro atoms. The third-order valence-electron chi connectivity index (χ3n) is 4.06. The second-order valence-electron chi connectivity index (χ2n) is 7.11. The number of carbonyl (C=O) groups excluding carboxylic acids is 1. The van der Waals surface area contributed by atoms with E-state index in [-0.39, 0.29) is 12.5 Å². The van der Waals surface area contributed by atoms with Crippen molar-refractivity contribution in [2.45, 2.75) is 39.2 Å². The van der Waals surface area contributed by atoms with Crippen LogP contribution in [0.4, 0.5) is 4.79 Å².